The monoisotopic (exact) mass is 298 g/mol. The largest absolute Gasteiger partial charge is 0.459 e. The number of amides is 1. The lowest BCUT2D eigenvalue weighted by molar-refractivity contribution is 0.0923. The highest BCUT2D eigenvalue weighted by Gasteiger charge is 2.11. The van der Waals surface area contributed by atoms with Gasteiger partial charge in [-0.3, -0.25) is 4.79 Å². The normalized spacial score (nSPS) is 10.5. The maximum atomic E-state index is 11.9. The molecule has 0 radical (unpaired) electrons. The molecular formula is C16H14N2O2S. The third-order valence-electron chi connectivity index (χ3n) is 3.05. The van der Waals surface area contributed by atoms with Gasteiger partial charge in [-0.2, -0.15) is 0 Å². The molecule has 2 heterocycles. The average molecular weight is 298 g/mol. The van der Waals surface area contributed by atoms with E-state index in [1.165, 1.54) is 6.26 Å². The predicted octanol–water partition coefficient (Wildman–Crippen LogP) is 3.64. The molecule has 0 bridgehead atoms. The van der Waals surface area contributed by atoms with Crippen molar-refractivity contribution in [1.29, 1.82) is 0 Å². The Morgan fingerprint density at radius 3 is 2.86 bits per heavy atom. The summed E-state index contributed by atoms with van der Waals surface area (Å²) in [6.07, 6.45) is 1.49. The molecule has 5 heteroatoms. The number of furan rings is 1. The first-order valence-corrected chi connectivity index (χ1v) is 7.44. The van der Waals surface area contributed by atoms with Gasteiger partial charge in [0.15, 0.2) is 5.76 Å². The highest BCUT2D eigenvalue weighted by molar-refractivity contribution is 7.13. The van der Waals surface area contributed by atoms with Crippen LogP contribution in [0.25, 0.3) is 10.6 Å². The molecule has 106 valence electrons. The summed E-state index contributed by atoms with van der Waals surface area (Å²) < 4.78 is 5.08. The third kappa shape index (κ3) is 3.03. The SMILES string of the molecule is Cc1csc(-c2ccccc2CNC(=O)c2ccco2)n1. The maximum absolute atomic E-state index is 11.9. The molecule has 0 saturated heterocycles. The molecule has 3 rings (SSSR count). The Hall–Kier alpha value is -2.40. The van der Waals surface area contributed by atoms with Crippen molar-refractivity contribution in [3.8, 4) is 10.6 Å². The van der Waals surface area contributed by atoms with E-state index in [-0.39, 0.29) is 5.91 Å². The van der Waals surface area contributed by atoms with E-state index >= 15 is 0 Å². The van der Waals surface area contributed by atoms with Crippen molar-refractivity contribution < 1.29 is 9.21 Å². The molecule has 0 aliphatic heterocycles. The van der Waals surface area contributed by atoms with E-state index in [0.29, 0.717) is 12.3 Å². The van der Waals surface area contributed by atoms with E-state index in [1.807, 2.05) is 36.6 Å². The van der Waals surface area contributed by atoms with Crippen LogP contribution in [0.3, 0.4) is 0 Å². The number of aromatic nitrogens is 1. The number of aryl methyl sites for hydroxylation is 1. The number of carbonyl (C=O) groups is 1. The lowest BCUT2D eigenvalue weighted by Crippen LogP contribution is -2.22. The van der Waals surface area contributed by atoms with E-state index in [4.69, 9.17) is 4.42 Å². The Labute approximate surface area is 126 Å². The molecule has 2 aromatic heterocycles. The van der Waals surface area contributed by atoms with Crippen LogP contribution < -0.4 is 5.32 Å². The van der Waals surface area contributed by atoms with Crippen LogP contribution in [0.4, 0.5) is 0 Å². The fourth-order valence-electron chi connectivity index (χ4n) is 2.03. The minimum absolute atomic E-state index is 0.217. The number of rotatable bonds is 4. The van der Waals surface area contributed by atoms with Crippen LogP contribution in [0.5, 0.6) is 0 Å². The second kappa shape index (κ2) is 5.93. The Morgan fingerprint density at radius 2 is 2.14 bits per heavy atom. The van der Waals surface area contributed by atoms with Crippen molar-refractivity contribution in [2.45, 2.75) is 13.5 Å². The molecule has 21 heavy (non-hydrogen) atoms. The van der Waals surface area contributed by atoms with Crippen LogP contribution in [0.2, 0.25) is 0 Å². The highest BCUT2D eigenvalue weighted by Crippen LogP contribution is 2.26. The van der Waals surface area contributed by atoms with Gasteiger partial charge >= 0.3 is 0 Å². The molecule has 1 aromatic carbocycles. The molecule has 0 aliphatic carbocycles. The molecule has 1 N–H and O–H groups in total. The third-order valence-corrected chi connectivity index (χ3v) is 4.04. The van der Waals surface area contributed by atoms with Gasteiger partial charge in [0.1, 0.15) is 5.01 Å². The lowest BCUT2D eigenvalue weighted by atomic mass is 10.1. The number of benzene rings is 1. The molecule has 0 atom stereocenters. The Bertz CT molecular complexity index is 747. The molecule has 0 aliphatic rings. The van der Waals surface area contributed by atoms with Crippen molar-refractivity contribution in [2.24, 2.45) is 0 Å². The van der Waals surface area contributed by atoms with Gasteiger partial charge in [0.25, 0.3) is 5.91 Å². The zero-order chi connectivity index (χ0) is 14.7. The summed E-state index contributed by atoms with van der Waals surface area (Å²) in [6, 6.07) is 11.3. The summed E-state index contributed by atoms with van der Waals surface area (Å²) in [7, 11) is 0. The number of nitrogens with zero attached hydrogens (tertiary/aromatic N) is 1. The first kappa shape index (κ1) is 13.6. The highest BCUT2D eigenvalue weighted by atomic mass is 32.1. The number of carbonyl (C=O) groups excluding carboxylic acids is 1. The van der Waals surface area contributed by atoms with Crippen molar-refractivity contribution in [3.05, 3.63) is 65.1 Å². The van der Waals surface area contributed by atoms with E-state index in [0.717, 1.165) is 21.8 Å². The number of nitrogens with one attached hydrogen (secondary N) is 1. The number of hydrogen-bond donors (Lipinski definition) is 1. The van der Waals surface area contributed by atoms with Gasteiger partial charge in [-0.05, 0) is 24.6 Å². The lowest BCUT2D eigenvalue weighted by Gasteiger charge is -2.08. The van der Waals surface area contributed by atoms with Crippen molar-refractivity contribution in [1.82, 2.24) is 10.3 Å². The molecule has 0 unspecified atom stereocenters. The van der Waals surface area contributed by atoms with Crippen molar-refractivity contribution >= 4 is 17.2 Å². The van der Waals surface area contributed by atoms with Gasteiger partial charge in [0, 0.05) is 23.2 Å². The van der Waals surface area contributed by atoms with Gasteiger partial charge in [0.05, 0.1) is 6.26 Å². The molecule has 3 aromatic rings. The Morgan fingerprint density at radius 1 is 1.29 bits per heavy atom. The second-order valence-corrected chi connectivity index (χ2v) is 5.47. The minimum atomic E-state index is -0.217. The number of hydrogen-bond acceptors (Lipinski definition) is 4. The van der Waals surface area contributed by atoms with Crippen LogP contribution in [0, 0.1) is 6.92 Å². The van der Waals surface area contributed by atoms with Crippen LogP contribution in [-0.4, -0.2) is 10.9 Å². The second-order valence-electron chi connectivity index (χ2n) is 4.61. The topological polar surface area (TPSA) is 55.1 Å². The average Bonchev–Trinajstić information content (AvgIpc) is 3.16. The standard InChI is InChI=1S/C16H14N2O2S/c1-11-10-21-16(18-11)13-6-3-2-5-12(13)9-17-15(19)14-7-4-8-20-14/h2-8,10H,9H2,1H3,(H,17,19). The molecule has 4 nitrogen and oxygen atoms in total. The van der Waals surface area contributed by atoms with Crippen molar-refractivity contribution in [3.63, 3.8) is 0 Å². The van der Waals surface area contributed by atoms with Gasteiger partial charge < -0.3 is 9.73 Å². The van der Waals surface area contributed by atoms with Gasteiger partial charge in [-0.15, -0.1) is 11.3 Å². The number of thiazole rings is 1. The first-order chi connectivity index (χ1) is 10.2. The molecule has 0 saturated carbocycles. The van der Waals surface area contributed by atoms with Crippen LogP contribution in [-0.2, 0) is 6.54 Å². The molecule has 0 spiro atoms. The summed E-state index contributed by atoms with van der Waals surface area (Å²) in [5.41, 5.74) is 3.09. The molecular weight excluding hydrogens is 284 g/mol. The summed E-state index contributed by atoms with van der Waals surface area (Å²) in [4.78, 5) is 16.4. The summed E-state index contributed by atoms with van der Waals surface area (Å²) >= 11 is 1.61. The fraction of sp³-hybridized carbons (Fsp3) is 0.125. The smallest absolute Gasteiger partial charge is 0.287 e. The fourth-order valence-corrected chi connectivity index (χ4v) is 2.89. The maximum Gasteiger partial charge on any atom is 0.287 e. The summed E-state index contributed by atoms with van der Waals surface area (Å²) in [5, 5.41) is 5.85. The van der Waals surface area contributed by atoms with Crippen LogP contribution >= 0.6 is 11.3 Å². The minimum Gasteiger partial charge on any atom is -0.459 e. The Kier molecular flexibility index (Phi) is 3.83. The zero-order valence-corrected chi connectivity index (χ0v) is 12.3. The summed E-state index contributed by atoms with van der Waals surface area (Å²) in [6.45, 7) is 2.41. The Balaban J connectivity index is 1.78. The van der Waals surface area contributed by atoms with Crippen LogP contribution in [0.1, 0.15) is 21.8 Å². The van der Waals surface area contributed by atoms with Crippen molar-refractivity contribution in [2.75, 3.05) is 0 Å². The van der Waals surface area contributed by atoms with Gasteiger partial charge in [-0.25, -0.2) is 4.98 Å². The first-order valence-electron chi connectivity index (χ1n) is 6.56. The van der Waals surface area contributed by atoms with E-state index in [9.17, 15) is 4.79 Å². The van der Waals surface area contributed by atoms with Gasteiger partial charge in [-0.1, -0.05) is 24.3 Å². The van der Waals surface area contributed by atoms with E-state index in [1.54, 1.807) is 23.5 Å². The molecule has 1 amide bonds. The molecule has 0 fully saturated rings. The van der Waals surface area contributed by atoms with E-state index in [2.05, 4.69) is 10.3 Å². The summed E-state index contributed by atoms with van der Waals surface area (Å²) in [5.74, 6) is 0.0997. The quantitative estimate of drug-likeness (QED) is 0.800. The van der Waals surface area contributed by atoms with E-state index < -0.39 is 0 Å². The van der Waals surface area contributed by atoms with Crippen LogP contribution in [0.15, 0.2) is 52.5 Å². The van der Waals surface area contributed by atoms with Gasteiger partial charge in [0.2, 0.25) is 0 Å². The zero-order valence-electron chi connectivity index (χ0n) is 11.5. The predicted molar refractivity (Wildman–Crippen MR) is 82.2 cm³/mol.